The molecule has 0 bridgehead atoms. The Morgan fingerprint density at radius 2 is 1.69 bits per heavy atom. The number of ketones is 2. The molecule has 3 rings (SSSR count). The van der Waals surface area contributed by atoms with Crippen molar-refractivity contribution in [2.24, 2.45) is 16.5 Å². The zero-order chi connectivity index (χ0) is 24.1. The van der Waals surface area contributed by atoms with Crippen molar-refractivity contribution in [3.8, 4) is 0 Å². The number of rotatable bonds is 5. The second kappa shape index (κ2) is 7.70. The molecule has 0 fully saturated rings. The maximum absolute atomic E-state index is 13.6. The first-order chi connectivity index (χ1) is 14.7. The van der Waals surface area contributed by atoms with Crippen molar-refractivity contribution in [3.05, 3.63) is 59.7 Å². The molecule has 0 saturated carbocycles. The topological polar surface area (TPSA) is 104 Å². The maximum Gasteiger partial charge on any atom is 0.408 e. The van der Waals surface area contributed by atoms with Crippen LogP contribution in [0, 0.1) is 11.3 Å². The number of ether oxygens (including phenoxy) is 1. The van der Waals surface area contributed by atoms with Gasteiger partial charge in [0.05, 0.1) is 10.5 Å². The summed E-state index contributed by atoms with van der Waals surface area (Å²) in [6, 6.07) is 5.33. The lowest BCUT2D eigenvalue weighted by atomic mass is 9.75. The van der Waals surface area contributed by atoms with Crippen molar-refractivity contribution in [2.75, 3.05) is 0 Å². The molecule has 1 unspecified atom stereocenters. The van der Waals surface area contributed by atoms with Gasteiger partial charge in [-0.25, -0.2) is 13.6 Å². The van der Waals surface area contributed by atoms with E-state index in [9.17, 15) is 31.2 Å². The Kier molecular flexibility index (Phi) is 5.76. The number of hydrogen-bond acceptors (Lipinski definition) is 5. The first-order valence-corrected chi connectivity index (χ1v) is 11.3. The number of halogens is 3. The van der Waals surface area contributed by atoms with Gasteiger partial charge in [0.2, 0.25) is 15.8 Å². The molecular weight excluding hydrogens is 447 g/mol. The number of allylic oxidation sites excluding steroid dienone is 4. The quantitative estimate of drug-likeness (QED) is 0.663. The molecule has 2 aliphatic rings. The molecule has 10 heteroatoms. The van der Waals surface area contributed by atoms with Crippen LogP contribution in [0.4, 0.5) is 13.2 Å². The van der Waals surface area contributed by atoms with E-state index in [1.807, 2.05) is 0 Å². The molecule has 172 valence electrons. The minimum Gasteiger partial charge on any atom is -0.478 e. The summed E-state index contributed by atoms with van der Waals surface area (Å²) in [5.74, 6) is -2.20. The Bertz CT molecular complexity index is 1150. The van der Waals surface area contributed by atoms with E-state index in [0.29, 0.717) is 12.0 Å². The van der Waals surface area contributed by atoms with Crippen molar-refractivity contribution >= 4 is 27.3 Å². The largest absolute Gasteiger partial charge is 0.478 e. The average molecular weight is 469 g/mol. The molecule has 1 atom stereocenters. The highest BCUT2D eigenvalue weighted by molar-refractivity contribution is 7.89. The number of sulfonamides is 1. The summed E-state index contributed by atoms with van der Waals surface area (Å²) in [6.07, 6.45) is -0.649. The van der Waals surface area contributed by atoms with Crippen molar-refractivity contribution in [1.82, 2.24) is 0 Å². The minimum atomic E-state index is -4.83. The highest BCUT2D eigenvalue weighted by Crippen LogP contribution is 2.48. The summed E-state index contributed by atoms with van der Waals surface area (Å²) < 4.78 is 69.8. The second-order valence-corrected chi connectivity index (χ2v) is 9.56. The standard InChI is InChI=1S/C22H22F3NO5S/c1-4-20(3)19(28)17(14-9-11-21(12-10-14,13(2)27)22(23,24)25)18(31-20)15-5-7-16(8-6-15)32(26,29)30/h5-12,14H,4H2,1-3H3,(H2,26,29,30). The van der Waals surface area contributed by atoms with Crippen LogP contribution < -0.4 is 5.14 Å². The Balaban J connectivity index is 2.11. The minimum absolute atomic E-state index is 0.129. The Morgan fingerprint density at radius 1 is 1.16 bits per heavy atom. The number of nitrogens with two attached hydrogens (primary N) is 1. The zero-order valence-electron chi connectivity index (χ0n) is 17.6. The summed E-state index contributed by atoms with van der Waals surface area (Å²) in [5, 5.41) is 5.11. The van der Waals surface area contributed by atoms with Gasteiger partial charge in [0.25, 0.3) is 0 Å². The van der Waals surface area contributed by atoms with Crippen LogP contribution in [0.1, 0.15) is 32.8 Å². The third-order valence-electron chi connectivity index (χ3n) is 5.93. The Morgan fingerprint density at radius 3 is 2.09 bits per heavy atom. The second-order valence-electron chi connectivity index (χ2n) is 7.99. The van der Waals surface area contributed by atoms with E-state index in [2.05, 4.69) is 0 Å². The van der Waals surface area contributed by atoms with Gasteiger partial charge in [-0.2, -0.15) is 13.2 Å². The lowest BCUT2D eigenvalue weighted by Gasteiger charge is -2.31. The number of Topliss-reactive ketones (excluding diaryl/α,β-unsaturated/α-hetero) is 2. The van der Waals surface area contributed by atoms with Crippen molar-refractivity contribution in [3.63, 3.8) is 0 Å². The van der Waals surface area contributed by atoms with Crippen molar-refractivity contribution in [2.45, 2.75) is 43.9 Å². The van der Waals surface area contributed by atoms with E-state index in [4.69, 9.17) is 9.88 Å². The molecule has 1 aliphatic carbocycles. The first kappa shape index (κ1) is 23.9. The van der Waals surface area contributed by atoms with Gasteiger partial charge in [-0.05, 0) is 44.5 Å². The highest BCUT2D eigenvalue weighted by Gasteiger charge is 2.56. The molecule has 1 aromatic carbocycles. The number of carbonyl (C=O) groups excluding carboxylic acids is 2. The fraction of sp³-hybridized carbons (Fsp3) is 0.364. The van der Waals surface area contributed by atoms with Gasteiger partial charge in [-0.1, -0.05) is 31.2 Å². The van der Waals surface area contributed by atoms with Gasteiger partial charge in [-0.3, -0.25) is 9.59 Å². The summed E-state index contributed by atoms with van der Waals surface area (Å²) in [4.78, 5) is 24.9. The summed E-state index contributed by atoms with van der Waals surface area (Å²) >= 11 is 0. The number of alkyl halides is 3. The van der Waals surface area contributed by atoms with Gasteiger partial charge < -0.3 is 4.74 Å². The van der Waals surface area contributed by atoms with E-state index in [1.54, 1.807) is 13.8 Å². The monoisotopic (exact) mass is 469 g/mol. The molecule has 0 spiro atoms. The molecular formula is C22H22F3NO5S. The third-order valence-corrected chi connectivity index (χ3v) is 6.86. The van der Waals surface area contributed by atoms with Crippen LogP contribution in [0.2, 0.25) is 0 Å². The van der Waals surface area contributed by atoms with Gasteiger partial charge in [0, 0.05) is 11.5 Å². The molecule has 0 aromatic heterocycles. The molecule has 1 aliphatic heterocycles. The average Bonchev–Trinajstić information content (AvgIpc) is 2.98. The third kappa shape index (κ3) is 3.81. The van der Waals surface area contributed by atoms with E-state index in [0.717, 1.165) is 19.1 Å². The predicted molar refractivity (Wildman–Crippen MR) is 110 cm³/mol. The van der Waals surface area contributed by atoms with Crippen molar-refractivity contribution < 1.29 is 35.9 Å². The summed E-state index contributed by atoms with van der Waals surface area (Å²) in [6.45, 7) is 4.17. The molecule has 6 nitrogen and oxygen atoms in total. The van der Waals surface area contributed by atoms with Crippen LogP contribution in [0.5, 0.6) is 0 Å². The van der Waals surface area contributed by atoms with Gasteiger partial charge in [0.15, 0.2) is 16.8 Å². The van der Waals surface area contributed by atoms with E-state index >= 15 is 0 Å². The lowest BCUT2D eigenvalue weighted by Crippen LogP contribution is -2.42. The SMILES string of the molecule is CCC1(C)OC(c2ccc(S(N)(=O)=O)cc2)=C(C2C=CC(C(C)=O)(C(F)(F)F)C=C2)C1=O. The number of hydrogen-bond donors (Lipinski definition) is 1. The van der Waals surface area contributed by atoms with Crippen LogP contribution in [0.15, 0.2) is 59.0 Å². The van der Waals surface area contributed by atoms with Crippen LogP contribution >= 0.6 is 0 Å². The molecule has 0 amide bonds. The van der Waals surface area contributed by atoms with Gasteiger partial charge in [-0.15, -0.1) is 0 Å². The predicted octanol–water partition coefficient (Wildman–Crippen LogP) is 3.69. The summed E-state index contributed by atoms with van der Waals surface area (Å²) in [5.41, 5.74) is -3.48. The Hall–Kier alpha value is -2.72. The van der Waals surface area contributed by atoms with Gasteiger partial charge in [0.1, 0.15) is 5.76 Å². The smallest absolute Gasteiger partial charge is 0.408 e. The molecule has 32 heavy (non-hydrogen) atoms. The van der Waals surface area contributed by atoms with Gasteiger partial charge >= 0.3 is 6.18 Å². The summed E-state index contributed by atoms with van der Waals surface area (Å²) in [7, 11) is -3.94. The molecule has 1 aromatic rings. The van der Waals surface area contributed by atoms with Crippen molar-refractivity contribution in [1.29, 1.82) is 0 Å². The van der Waals surface area contributed by atoms with E-state index in [-0.39, 0.29) is 16.2 Å². The fourth-order valence-corrected chi connectivity index (χ4v) is 4.22. The number of carbonyl (C=O) groups is 2. The van der Waals surface area contributed by atoms with Crippen LogP contribution in [-0.2, 0) is 24.3 Å². The van der Waals surface area contributed by atoms with Crippen LogP contribution in [-0.4, -0.2) is 31.8 Å². The zero-order valence-corrected chi connectivity index (χ0v) is 18.4. The molecule has 1 heterocycles. The Labute approximate surface area is 183 Å². The van der Waals surface area contributed by atoms with E-state index in [1.165, 1.54) is 36.4 Å². The fourth-order valence-electron chi connectivity index (χ4n) is 3.71. The first-order valence-electron chi connectivity index (χ1n) is 9.74. The molecule has 0 radical (unpaired) electrons. The van der Waals surface area contributed by atoms with E-state index < -0.39 is 44.7 Å². The van der Waals surface area contributed by atoms with Crippen LogP contribution in [0.25, 0.3) is 5.76 Å². The highest BCUT2D eigenvalue weighted by atomic mass is 32.2. The normalized spacial score (nSPS) is 28.2. The molecule has 0 saturated heterocycles. The number of primary sulfonamides is 1. The maximum atomic E-state index is 13.6. The van der Waals surface area contributed by atoms with Crippen LogP contribution in [0.3, 0.4) is 0 Å². The molecule has 2 N–H and O–H groups in total. The number of benzene rings is 1. The lowest BCUT2D eigenvalue weighted by molar-refractivity contribution is -0.191.